The quantitative estimate of drug-likeness (QED) is 0.876. The molecule has 1 heterocycles. The van der Waals surface area contributed by atoms with Crippen molar-refractivity contribution in [3.05, 3.63) is 46.1 Å². The van der Waals surface area contributed by atoms with Gasteiger partial charge >= 0.3 is 6.03 Å². The molecular weight excluding hydrogens is 313 g/mol. The van der Waals surface area contributed by atoms with Crippen LogP contribution in [0.1, 0.15) is 11.6 Å². The molecule has 21 heavy (non-hydrogen) atoms. The first-order valence-electron chi connectivity index (χ1n) is 6.23. The molecule has 1 saturated heterocycles. The molecule has 2 rings (SSSR count). The predicted molar refractivity (Wildman–Crippen MR) is 82.2 cm³/mol. The first-order valence-corrected chi connectivity index (χ1v) is 6.99. The topological polar surface area (TPSA) is 61.4 Å². The maximum atomic E-state index is 12.4. The smallest absolute Gasteiger partial charge is 0.319 e. The van der Waals surface area contributed by atoms with Crippen LogP contribution in [0, 0.1) is 5.92 Å². The average Bonchev–Trinajstić information content (AvgIpc) is 2.40. The van der Waals surface area contributed by atoms with E-state index in [1.54, 1.807) is 32.3 Å². The third-order valence-corrected chi connectivity index (χ3v) is 4.02. The second-order valence-electron chi connectivity index (χ2n) is 4.99. The van der Waals surface area contributed by atoms with Crippen molar-refractivity contribution in [3.8, 4) is 0 Å². The lowest BCUT2D eigenvalue weighted by Gasteiger charge is -2.35. The number of amides is 3. The summed E-state index contributed by atoms with van der Waals surface area (Å²) in [6.07, 6.45) is 0. The van der Waals surface area contributed by atoms with E-state index in [1.807, 2.05) is 0 Å². The molecule has 0 saturated carbocycles. The van der Waals surface area contributed by atoms with E-state index in [2.05, 4.69) is 17.2 Å². The highest BCUT2D eigenvalue weighted by atomic mass is 35.5. The molecular formula is C14H15Cl2N3O2. The zero-order valence-corrected chi connectivity index (χ0v) is 13.1. The van der Waals surface area contributed by atoms with Gasteiger partial charge in [-0.1, -0.05) is 35.8 Å². The number of halogens is 2. The van der Waals surface area contributed by atoms with Crippen LogP contribution in [0.4, 0.5) is 4.79 Å². The number of nitrogens with one attached hydrogen (secondary N) is 2. The van der Waals surface area contributed by atoms with Crippen LogP contribution in [-0.4, -0.2) is 30.9 Å². The molecule has 0 aliphatic carbocycles. The number of carbonyl (C=O) groups excluding carboxylic acids is 2. The van der Waals surface area contributed by atoms with Gasteiger partial charge in [-0.3, -0.25) is 4.79 Å². The third-order valence-electron chi connectivity index (χ3n) is 3.28. The molecule has 0 spiro atoms. The summed E-state index contributed by atoms with van der Waals surface area (Å²) >= 11 is 11.9. The van der Waals surface area contributed by atoms with Crippen LogP contribution < -0.4 is 10.6 Å². The fourth-order valence-electron chi connectivity index (χ4n) is 2.24. The number of benzene rings is 1. The van der Waals surface area contributed by atoms with Crippen molar-refractivity contribution in [1.82, 2.24) is 15.5 Å². The molecule has 2 N–H and O–H groups in total. The molecule has 1 aliphatic heterocycles. The van der Waals surface area contributed by atoms with E-state index >= 15 is 0 Å². The Hall–Kier alpha value is -1.72. The fraction of sp³-hybridized carbons (Fsp3) is 0.286. The van der Waals surface area contributed by atoms with Gasteiger partial charge in [0.15, 0.2) is 0 Å². The summed E-state index contributed by atoms with van der Waals surface area (Å²) in [5.41, 5.74) is 1.05. The largest absolute Gasteiger partial charge is 0.348 e. The van der Waals surface area contributed by atoms with E-state index in [9.17, 15) is 9.59 Å². The van der Waals surface area contributed by atoms with E-state index in [4.69, 9.17) is 23.2 Å². The van der Waals surface area contributed by atoms with Crippen molar-refractivity contribution in [1.29, 1.82) is 0 Å². The van der Waals surface area contributed by atoms with Crippen LogP contribution in [0.5, 0.6) is 0 Å². The van der Waals surface area contributed by atoms with Gasteiger partial charge in [0.2, 0.25) is 5.91 Å². The second-order valence-corrected chi connectivity index (χ2v) is 5.80. The third kappa shape index (κ3) is 3.14. The van der Waals surface area contributed by atoms with Crippen molar-refractivity contribution in [2.24, 2.45) is 5.92 Å². The van der Waals surface area contributed by atoms with Gasteiger partial charge in [0.05, 0.1) is 16.1 Å². The lowest BCUT2D eigenvalue weighted by atomic mass is 9.88. The summed E-state index contributed by atoms with van der Waals surface area (Å²) in [5.74, 6) is -0.779. The number of carbonyl (C=O) groups is 2. The second kappa shape index (κ2) is 5.95. The number of urea groups is 1. The Balaban J connectivity index is 2.44. The van der Waals surface area contributed by atoms with E-state index in [1.165, 1.54) is 4.90 Å². The van der Waals surface area contributed by atoms with Crippen molar-refractivity contribution in [2.75, 3.05) is 14.1 Å². The highest BCUT2D eigenvalue weighted by Crippen LogP contribution is 2.33. The fourth-order valence-corrected chi connectivity index (χ4v) is 2.54. The van der Waals surface area contributed by atoms with Crippen LogP contribution in [0.2, 0.25) is 10.0 Å². The molecule has 2 atom stereocenters. The summed E-state index contributed by atoms with van der Waals surface area (Å²) in [6.45, 7) is 3.79. The Kier molecular flexibility index (Phi) is 4.44. The Morgan fingerprint density at radius 2 is 1.95 bits per heavy atom. The van der Waals surface area contributed by atoms with Crippen molar-refractivity contribution in [3.63, 3.8) is 0 Å². The highest BCUT2D eigenvalue weighted by Gasteiger charge is 2.38. The lowest BCUT2D eigenvalue weighted by Crippen LogP contribution is -2.52. The summed E-state index contributed by atoms with van der Waals surface area (Å²) < 4.78 is 0. The van der Waals surface area contributed by atoms with Crippen LogP contribution in [0.25, 0.3) is 0 Å². The molecule has 112 valence electrons. The van der Waals surface area contributed by atoms with Crippen molar-refractivity contribution in [2.45, 2.75) is 6.04 Å². The van der Waals surface area contributed by atoms with Gasteiger partial charge in [0.1, 0.15) is 5.92 Å². The van der Waals surface area contributed by atoms with Gasteiger partial charge in [0, 0.05) is 19.8 Å². The highest BCUT2D eigenvalue weighted by molar-refractivity contribution is 6.42. The van der Waals surface area contributed by atoms with Crippen molar-refractivity contribution < 1.29 is 9.59 Å². The maximum absolute atomic E-state index is 12.4. The Bertz CT molecular complexity index is 616. The molecule has 1 aromatic carbocycles. The molecule has 0 aromatic heterocycles. The van der Waals surface area contributed by atoms with E-state index in [0.29, 0.717) is 21.3 Å². The Morgan fingerprint density at radius 1 is 1.29 bits per heavy atom. The van der Waals surface area contributed by atoms with Crippen LogP contribution in [0.3, 0.4) is 0 Å². The van der Waals surface area contributed by atoms with Gasteiger partial charge < -0.3 is 15.5 Å². The monoisotopic (exact) mass is 327 g/mol. The van der Waals surface area contributed by atoms with E-state index in [0.717, 1.165) is 0 Å². The predicted octanol–water partition coefficient (Wildman–Crippen LogP) is 2.57. The minimum Gasteiger partial charge on any atom is -0.348 e. The Labute approximate surface area is 132 Å². The number of rotatable bonds is 2. The molecule has 0 bridgehead atoms. The van der Waals surface area contributed by atoms with Gasteiger partial charge in [0.25, 0.3) is 0 Å². The summed E-state index contributed by atoms with van der Waals surface area (Å²) in [6, 6.07) is 4.06. The minimum atomic E-state index is -0.616. The zero-order chi connectivity index (χ0) is 15.7. The van der Waals surface area contributed by atoms with Gasteiger partial charge in [-0.15, -0.1) is 0 Å². The first-order chi connectivity index (χ1) is 9.81. The number of hydrogen-bond donors (Lipinski definition) is 2. The van der Waals surface area contributed by atoms with Gasteiger partial charge in [-0.25, -0.2) is 4.79 Å². The number of nitrogens with zero attached hydrogens (tertiary/aromatic N) is 1. The maximum Gasteiger partial charge on any atom is 0.319 e. The molecule has 1 aromatic rings. The first kappa shape index (κ1) is 15.7. The molecule has 0 unspecified atom stereocenters. The molecule has 3 amide bonds. The molecule has 1 fully saturated rings. The standard InChI is InChI=1S/C14H15Cl2N3O2/c1-7-11(13(20)19(2)3)12(18-14(21)17-7)8-4-5-9(15)10(16)6-8/h4-6,11-12H,1H2,2-3H3,(H2,17,18,21)/t11-,12+/m1/s1. The van der Waals surface area contributed by atoms with Crippen molar-refractivity contribution >= 4 is 35.1 Å². The molecule has 0 radical (unpaired) electrons. The molecule has 5 nitrogen and oxygen atoms in total. The SMILES string of the molecule is C=C1NC(=O)N[C@@H](c2ccc(Cl)c(Cl)c2)[C@@H]1C(=O)N(C)C. The van der Waals surface area contributed by atoms with Crippen LogP contribution in [-0.2, 0) is 4.79 Å². The normalized spacial score (nSPS) is 21.5. The van der Waals surface area contributed by atoms with E-state index in [-0.39, 0.29) is 5.91 Å². The minimum absolute atomic E-state index is 0.163. The van der Waals surface area contributed by atoms with E-state index < -0.39 is 18.0 Å². The van der Waals surface area contributed by atoms with Gasteiger partial charge in [-0.2, -0.15) is 0 Å². The van der Waals surface area contributed by atoms with Crippen LogP contribution in [0.15, 0.2) is 30.5 Å². The Morgan fingerprint density at radius 3 is 2.52 bits per heavy atom. The molecule has 1 aliphatic rings. The summed E-state index contributed by atoms with van der Waals surface area (Å²) in [5, 5.41) is 6.05. The summed E-state index contributed by atoms with van der Waals surface area (Å²) in [4.78, 5) is 25.5. The van der Waals surface area contributed by atoms with Crippen LogP contribution >= 0.6 is 23.2 Å². The lowest BCUT2D eigenvalue weighted by molar-refractivity contribution is -0.132. The zero-order valence-electron chi connectivity index (χ0n) is 11.6. The molecule has 7 heteroatoms. The van der Waals surface area contributed by atoms with Gasteiger partial charge in [-0.05, 0) is 17.7 Å². The number of hydrogen-bond acceptors (Lipinski definition) is 2. The average molecular weight is 328 g/mol. The summed E-state index contributed by atoms with van der Waals surface area (Å²) in [7, 11) is 3.30.